The Labute approximate surface area is 145 Å². The molecule has 0 saturated heterocycles. The summed E-state index contributed by atoms with van der Waals surface area (Å²) in [5.41, 5.74) is 4.07. The van der Waals surface area contributed by atoms with Crippen molar-refractivity contribution in [3.05, 3.63) is 58.2 Å². The first-order valence-corrected chi connectivity index (χ1v) is 8.74. The minimum absolute atomic E-state index is 0.0591. The van der Waals surface area contributed by atoms with Crippen LogP contribution in [0.3, 0.4) is 0 Å². The van der Waals surface area contributed by atoms with Crippen LogP contribution in [-0.4, -0.2) is 20.7 Å². The fraction of sp³-hybridized carbons (Fsp3) is 0.278. The highest BCUT2D eigenvalue weighted by molar-refractivity contribution is 7.10. The van der Waals surface area contributed by atoms with E-state index < -0.39 is 0 Å². The van der Waals surface area contributed by atoms with Crippen LogP contribution in [0.5, 0.6) is 0 Å². The lowest BCUT2D eigenvalue weighted by Gasteiger charge is -2.09. The number of nitrogens with one attached hydrogen (secondary N) is 1. The summed E-state index contributed by atoms with van der Waals surface area (Å²) in [6.45, 7) is 2.56. The third-order valence-corrected chi connectivity index (χ3v) is 4.98. The van der Waals surface area contributed by atoms with Gasteiger partial charge in [-0.05, 0) is 42.0 Å². The highest BCUT2D eigenvalue weighted by Crippen LogP contribution is 2.20. The Bertz CT molecular complexity index is 837. The molecule has 1 N–H and O–H groups in total. The normalized spacial score (nSPS) is 10.8. The Morgan fingerprint density at radius 1 is 1.38 bits per heavy atom. The average Bonchev–Trinajstić information content (AvgIpc) is 3.19. The van der Waals surface area contributed by atoms with E-state index in [1.165, 1.54) is 10.4 Å². The van der Waals surface area contributed by atoms with Crippen molar-refractivity contribution in [1.29, 1.82) is 0 Å². The molecule has 5 nitrogen and oxygen atoms in total. The van der Waals surface area contributed by atoms with Crippen molar-refractivity contribution >= 4 is 17.2 Å². The Balaban J connectivity index is 1.60. The predicted octanol–water partition coefficient (Wildman–Crippen LogP) is 3.10. The number of amides is 1. The topological polar surface area (TPSA) is 59.8 Å². The van der Waals surface area contributed by atoms with Crippen molar-refractivity contribution in [3.8, 4) is 11.3 Å². The van der Waals surface area contributed by atoms with Crippen LogP contribution in [0.2, 0.25) is 0 Å². The molecule has 0 aromatic carbocycles. The van der Waals surface area contributed by atoms with E-state index in [0.29, 0.717) is 13.0 Å². The third kappa shape index (κ3) is 3.89. The van der Waals surface area contributed by atoms with Gasteiger partial charge >= 0.3 is 0 Å². The van der Waals surface area contributed by atoms with Crippen molar-refractivity contribution in [3.63, 3.8) is 0 Å². The van der Waals surface area contributed by atoms with Crippen molar-refractivity contribution in [2.24, 2.45) is 7.05 Å². The number of nitrogens with zero attached hydrogens (tertiary/aromatic N) is 3. The molecule has 6 heteroatoms. The Hall–Kier alpha value is -2.47. The van der Waals surface area contributed by atoms with Crippen molar-refractivity contribution in [1.82, 2.24) is 20.1 Å². The van der Waals surface area contributed by atoms with E-state index in [9.17, 15) is 4.79 Å². The number of aryl methyl sites for hydroxylation is 3. The third-order valence-electron chi connectivity index (χ3n) is 3.89. The molecule has 0 aliphatic rings. The molecule has 3 aromatic rings. The van der Waals surface area contributed by atoms with Crippen LogP contribution in [0.4, 0.5) is 0 Å². The summed E-state index contributed by atoms with van der Waals surface area (Å²) in [6.07, 6.45) is 6.76. The number of pyridine rings is 1. The molecule has 0 fully saturated rings. The summed E-state index contributed by atoms with van der Waals surface area (Å²) in [4.78, 5) is 17.8. The minimum Gasteiger partial charge on any atom is -0.352 e. The molecule has 124 valence electrons. The van der Waals surface area contributed by atoms with Gasteiger partial charge in [-0.25, -0.2) is 0 Å². The van der Waals surface area contributed by atoms with Crippen molar-refractivity contribution in [2.75, 3.05) is 0 Å². The van der Waals surface area contributed by atoms with Gasteiger partial charge in [0, 0.05) is 42.8 Å². The number of aromatic nitrogens is 3. The first kappa shape index (κ1) is 16.4. The van der Waals surface area contributed by atoms with Crippen LogP contribution in [0, 0.1) is 6.92 Å². The van der Waals surface area contributed by atoms with Gasteiger partial charge < -0.3 is 5.32 Å². The maximum Gasteiger partial charge on any atom is 0.220 e. The van der Waals surface area contributed by atoms with Crippen LogP contribution in [0.15, 0.2) is 42.2 Å². The van der Waals surface area contributed by atoms with E-state index in [2.05, 4.69) is 33.8 Å². The van der Waals surface area contributed by atoms with E-state index in [1.54, 1.807) is 28.4 Å². The van der Waals surface area contributed by atoms with Gasteiger partial charge in [-0.2, -0.15) is 5.10 Å². The second kappa shape index (κ2) is 7.40. The second-order valence-corrected chi connectivity index (χ2v) is 6.72. The number of carbonyl (C=O) groups excluding carboxylic acids is 1. The number of thiophene rings is 1. The molecule has 0 aliphatic heterocycles. The molecule has 0 unspecified atom stereocenters. The smallest absolute Gasteiger partial charge is 0.220 e. The predicted molar refractivity (Wildman–Crippen MR) is 95.7 cm³/mol. The molecule has 24 heavy (non-hydrogen) atoms. The van der Waals surface area contributed by atoms with Gasteiger partial charge in [-0.3, -0.25) is 14.5 Å². The summed E-state index contributed by atoms with van der Waals surface area (Å²) in [5, 5.41) is 9.25. The first-order chi connectivity index (χ1) is 11.6. The molecule has 3 aromatic heterocycles. The van der Waals surface area contributed by atoms with Crippen LogP contribution >= 0.6 is 11.3 Å². The molecule has 0 aliphatic carbocycles. The van der Waals surface area contributed by atoms with Crippen LogP contribution in [0.25, 0.3) is 11.3 Å². The molecule has 1 amide bonds. The first-order valence-electron chi connectivity index (χ1n) is 7.86. The highest BCUT2D eigenvalue weighted by atomic mass is 32.1. The Morgan fingerprint density at radius 3 is 2.96 bits per heavy atom. The monoisotopic (exact) mass is 340 g/mol. The molecule has 0 atom stereocenters. The Kier molecular flexibility index (Phi) is 5.05. The lowest BCUT2D eigenvalue weighted by molar-refractivity contribution is -0.121. The van der Waals surface area contributed by atoms with Crippen molar-refractivity contribution in [2.45, 2.75) is 26.3 Å². The number of hydrogen-bond donors (Lipinski definition) is 1. The summed E-state index contributed by atoms with van der Waals surface area (Å²) >= 11 is 1.71. The van der Waals surface area contributed by atoms with Crippen LogP contribution < -0.4 is 5.32 Å². The number of rotatable bonds is 6. The molecular formula is C18H20N4OS. The zero-order valence-electron chi connectivity index (χ0n) is 13.8. The maximum absolute atomic E-state index is 12.1. The van der Waals surface area contributed by atoms with Crippen LogP contribution in [-0.2, 0) is 24.8 Å². The van der Waals surface area contributed by atoms with E-state index in [0.717, 1.165) is 23.2 Å². The zero-order chi connectivity index (χ0) is 16.9. The van der Waals surface area contributed by atoms with Gasteiger partial charge in [0.1, 0.15) is 0 Å². The fourth-order valence-corrected chi connectivity index (χ4v) is 3.46. The molecule has 0 bridgehead atoms. The number of hydrogen-bond acceptors (Lipinski definition) is 4. The van der Waals surface area contributed by atoms with E-state index in [1.807, 2.05) is 25.4 Å². The number of carbonyl (C=O) groups is 1. The largest absolute Gasteiger partial charge is 0.352 e. The lowest BCUT2D eigenvalue weighted by atomic mass is 10.1. The average molecular weight is 340 g/mol. The molecule has 0 radical (unpaired) electrons. The fourth-order valence-electron chi connectivity index (χ4n) is 2.55. The van der Waals surface area contributed by atoms with Crippen LogP contribution in [0.1, 0.15) is 22.4 Å². The molecule has 3 heterocycles. The second-order valence-electron chi connectivity index (χ2n) is 5.72. The Morgan fingerprint density at radius 2 is 2.25 bits per heavy atom. The molecular weight excluding hydrogens is 320 g/mol. The van der Waals surface area contributed by atoms with Gasteiger partial charge in [0.05, 0.1) is 11.9 Å². The summed E-state index contributed by atoms with van der Waals surface area (Å²) < 4.78 is 1.75. The van der Waals surface area contributed by atoms with Crippen molar-refractivity contribution < 1.29 is 4.79 Å². The molecule has 3 rings (SSSR count). The SMILES string of the molecule is Cc1ccsc1CCC(=O)NCc1cccnc1-c1cnn(C)c1. The van der Waals surface area contributed by atoms with E-state index in [4.69, 9.17) is 0 Å². The summed E-state index contributed by atoms with van der Waals surface area (Å²) in [5.74, 6) is 0.0591. The summed E-state index contributed by atoms with van der Waals surface area (Å²) in [7, 11) is 1.88. The lowest BCUT2D eigenvalue weighted by Crippen LogP contribution is -2.23. The maximum atomic E-state index is 12.1. The van der Waals surface area contributed by atoms with Gasteiger partial charge in [-0.15, -0.1) is 11.3 Å². The minimum atomic E-state index is 0.0591. The highest BCUT2D eigenvalue weighted by Gasteiger charge is 2.10. The molecule has 0 saturated carbocycles. The van der Waals surface area contributed by atoms with E-state index in [-0.39, 0.29) is 5.91 Å². The van der Waals surface area contributed by atoms with Gasteiger partial charge in [0.15, 0.2) is 0 Å². The summed E-state index contributed by atoms with van der Waals surface area (Å²) in [6, 6.07) is 5.96. The van der Waals surface area contributed by atoms with Gasteiger partial charge in [0.2, 0.25) is 5.91 Å². The standard InChI is InChI=1S/C18H20N4OS/c1-13-7-9-24-16(13)5-6-17(23)20-10-14-4-3-8-19-18(14)15-11-21-22(2)12-15/h3-4,7-9,11-12H,5-6,10H2,1-2H3,(H,20,23). The van der Waals surface area contributed by atoms with Gasteiger partial charge in [0.25, 0.3) is 0 Å². The quantitative estimate of drug-likeness (QED) is 0.750. The van der Waals surface area contributed by atoms with E-state index >= 15 is 0 Å². The zero-order valence-corrected chi connectivity index (χ0v) is 14.6. The van der Waals surface area contributed by atoms with Gasteiger partial charge in [-0.1, -0.05) is 6.07 Å². The molecule has 0 spiro atoms.